The number of rotatable bonds is 2. The molecule has 1 N–H and O–H groups in total. The normalized spacial score (nSPS) is 42.3. The van der Waals surface area contributed by atoms with Gasteiger partial charge in [-0.3, -0.25) is 0 Å². The maximum Gasteiger partial charge on any atom is 0.345 e. The van der Waals surface area contributed by atoms with E-state index < -0.39 is 6.61 Å². The topological polar surface area (TPSA) is 21.3 Å². The highest BCUT2D eigenvalue weighted by Crippen LogP contribution is 2.30. The van der Waals surface area contributed by atoms with Gasteiger partial charge in [0, 0.05) is 12.1 Å². The summed E-state index contributed by atoms with van der Waals surface area (Å²) in [5.41, 5.74) is 0. The van der Waals surface area contributed by atoms with Crippen molar-refractivity contribution in [1.29, 1.82) is 0 Å². The first-order valence-electron chi connectivity index (χ1n) is 3.93. The van der Waals surface area contributed by atoms with E-state index in [0.717, 1.165) is 19.3 Å². The molecule has 0 radical (unpaired) electrons. The monoisotopic (exact) mass is 163 g/mol. The maximum absolute atomic E-state index is 11.7. The van der Waals surface area contributed by atoms with E-state index in [2.05, 4.69) is 10.1 Å². The van der Waals surface area contributed by atoms with E-state index in [-0.39, 0.29) is 6.10 Å². The van der Waals surface area contributed by atoms with Gasteiger partial charge in [-0.15, -0.1) is 0 Å². The molecule has 2 bridgehead atoms. The van der Waals surface area contributed by atoms with Crippen LogP contribution in [0.5, 0.6) is 0 Å². The Labute approximate surface area is 63.9 Å². The van der Waals surface area contributed by atoms with Crippen molar-refractivity contribution in [2.75, 3.05) is 0 Å². The molecule has 4 heteroatoms. The van der Waals surface area contributed by atoms with Gasteiger partial charge in [-0.1, -0.05) is 0 Å². The van der Waals surface area contributed by atoms with Gasteiger partial charge in [0.25, 0.3) is 0 Å². The molecule has 3 rings (SSSR count). The molecule has 0 aromatic carbocycles. The van der Waals surface area contributed by atoms with Gasteiger partial charge in [0.05, 0.1) is 6.10 Å². The van der Waals surface area contributed by atoms with Crippen molar-refractivity contribution in [2.45, 2.75) is 44.1 Å². The molecule has 2 unspecified atom stereocenters. The fraction of sp³-hybridized carbons (Fsp3) is 1.00. The summed E-state index contributed by atoms with van der Waals surface area (Å²) < 4.78 is 27.9. The summed E-state index contributed by atoms with van der Waals surface area (Å²) in [5, 5.41) is 3.26. The molecule has 3 fully saturated rings. The van der Waals surface area contributed by atoms with Gasteiger partial charge in [-0.05, 0) is 19.3 Å². The van der Waals surface area contributed by atoms with E-state index in [0.29, 0.717) is 12.1 Å². The molecular weight excluding hydrogens is 152 g/mol. The molecule has 1 aliphatic carbocycles. The lowest BCUT2D eigenvalue weighted by Crippen LogP contribution is -2.59. The van der Waals surface area contributed by atoms with Crippen LogP contribution in [0.25, 0.3) is 0 Å². The van der Waals surface area contributed by atoms with Gasteiger partial charge in [0.1, 0.15) is 0 Å². The number of piperidine rings is 1. The van der Waals surface area contributed by atoms with Crippen molar-refractivity contribution in [1.82, 2.24) is 5.32 Å². The van der Waals surface area contributed by atoms with Crippen molar-refractivity contribution in [3.63, 3.8) is 0 Å². The van der Waals surface area contributed by atoms with E-state index in [1.807, 2.05) is 0 Å². The molecule has 3 atom stereocenters. The molecule has 64 valence electrons. The highest BCUT2D eigenvalue weighted by Gasteiger charge is 2.38. The minimum Gasteiger partial charge on any atom is -0.320 e. The van der Waals surface area contributed by atoms with Gasteiger partial charge in [0.2, 0.25) is 0 Å². The Morgan fingerprint density at radius 1 is 1.18 bits per heavy atom. The van der Waals surface area contributed by atoms with Crippen LogP contribution in [0.15, 0.2) is 0 Å². The zero-order valence-corrected chi connectivity index (χ0v) is 6.09. The highest BCUT2D eigenvalue weighted by molar-refractivity contribution is 4.97. The van der Waals surface area contributed by atoms with Crippen LogP contribution in [0, 0.1) is 0 Å². The lowest BCUT2D eigenvalue weighted by atomic mass is 9.81. The fourth-order valence-electron chi connectivity index (χ4n) is 1.97. The SMILES string of the molecule is FC(F)OC1CC2C[C@@H](C1)N2. The Hall–Kier alpha value is -0.220. The summed E-state index contributed by atoms with van der Waals surface area (Å²) in [6, 6.07) is 0.884. The minimum atomic E-state index is -2.60. The van der Waals surface area contributed by atoms with Crippen LogP contribution in [0.2, 0.25) is 0 Å². The highest BCUT2D eigenvalue weighted by atomic mass is 19.3. The second-order valence-corrected chi connectivity index (χ2v) is 3.29. The minimum absolute atomic E-state index is 0.208. The zero-order valence-electron chi connectivity index (χ0n) is 6.09. The third kappa shape index (κ3) is 1.51. The lowest BCUT2D eigenvalue weighted by molar-refractivity contribution is -0.181. The number of ether oxygens (including phenoxy) is 1. The summed E-state index contributed by atoms with van der Waals surface area (Å²) >= 11 is 0. The third-order valence-electron chi connectivity index (χ3n) is 2.43. The molecule has 3 aliphatic rings. The van der Waals surface area contributed by atoms with Gasteiger partial charge in [-0.2, -0.15) is 8.78 Å². The van der Waals surface area contributed by atoms with E-state index in [9.17, 15) is 8.78 Å². The molecular formula is C7H11F2NO. The van der Waals surface area contributed by atoms with E-state index in [4.69, 9.17) is 0 Å². The average molecular weight is 163 g/mol. The standard InChI is InChI=1S/C7H11F2NO/c8-7(9)11-6-2-4-1-5(3-6)10-4/h4-7,10H,1-3H2/t4-,5?,6?/m0/s1. The summed E-state index contributed by atoms with van der Waals surface area (Å²) in [4.78, 5) is 0. The quantitative estimate of drug-likeness (QED) is 0.658. The van der Waals surface area contributed by atoms with Crippen molar-refractivity contribution >= 4 is 0 Å². The van der Waals surface area contributed by atoms with Crippen LogP contribution in [0.3, 0.4) is 0 Å². The Balaban J connectivity index is 1.79. The van der Waals surface area contributed by atoms with Crippen LogP contribution in [0.1, 0.15) is 19.3 Å². The van der Waals surface area contributed by atoms with Crippen LogP contribution < -0.4 is 5.32 Å². The van der Waals surface area contributed by atoms with Gasteiger partial charge < -0.3 is 10.1 Å². The van der Waals surface area contributed by atoms with Crippen molar-refractivity contribution in [3.8, 4) is 0 Å². The molecule has 11 heavy (non-hydrogen) atoms. The number of halogens is 2. The second-order valence-electron chi connectivity index (χ2n) is 3.29. The molecule has 0 aromatic rings. The summed E-state index contributed by atoms with van der Waals surface area (Å²) in [7, 11) is 0. The Morgan fingerprint density at radius 3 is 2.18 bits per heavy atom. The van der Waals surface area contributed by atoms with E-state index >= 15 is 0 Å². The fourth-order valence-corrected chi connectivity index (χ4v) is 1.97. The van der Waals surface area contributed by atoms with Crippen LogP contribution in [-0.2, 0) is 4.74 Å². The van der Waals surface area contributed by atoms with Crippen molar-refractivity contribution in [2.24, 2.45) is 0 Å². The van der Waals surface area contributed by atoms with Crippen molar-refractivity contribution < 1.29 is 13.5 Å². The van der Waals surface area contributed by atoms with Gasteiger partial charge >= 0.3 is 6.61 Å². The van der Waals surface area contributed by atoms with E-state index in [1.165, 1.54) is 0 Å². The molecule has 0 amide bonds. The Morgan fingerprint density at radius 2 is 1.73 bits per heavy atom. The molecule has 0 spiro atoms. The number of nitrogens with one attached hydrogen (secondary N) is 1. The zero-order chi connectivity index (χ0) is 7.84. The lowest BCUT2D eigenvalue weighted by Gasteiger charge is -2.46. The Kier molecular flexibility index (Phi) is 1.81. The van der Waals surface area contributed by atoms with Gasteiger partial charge in [0.15, 0.2) is 0 Å². The number of alkyl halides is 2. The number of fused-ring (bicyclic) bond motifs is 2. The molecule has 0 aromatic heterocycles. The van der Waals surface area contributed by atoms with Crippen LogP contribution in [0.4, 0.5) is 8.78 Å². The number of hydrogen-bond acceptors (Lipinski definition) is 2. The smallest absolute Gasteiger partial charge is 0.320 e. The van der Waals surface area contributed by atoms with Gasteiger partial charge in [-0.25, -0.2) is 0 Å². The van der Waals surface area contributed by atoms with Crippen LogP contribution in [-0.4, -0.2) is 24.8 Å². The Bertz CT molecular complexity index is 135. The first kappa shape index (κ1) is 7.43. The third-order valence-corrected chi connectivity index (χ3v) is 2.43. The largest absolute Gasteiger partial charge is 0.345 e. The molecule has 2 saturated heterocycles. The summed E-state index contributed by atoms with van der Waals surface area (Å²) in [6.45, 7) is -2.60. The van der Waals surface area contributed by atoms with Crippen molar-refractivity contribution in [3.05, 3.63) is 0 Å². The molecule has 2 nitrogen and oxygen atoms in total. The number of hydrogen-bond donors (Lipinski definition) is 1. The second kappa shape index (κ2) is 2.68. The summed E-state index contributed by atoms with van der Waals surface area (Å²) in [6.07, 6.45) is 2.44. The van der Waals surface area contributed by atoms with E-state index in [1.54, 1.807) is 0 Å². The predicted molar refractivity (Wildman–Crippen MR) is 35.4 cm³/mol. The van der Waals surface area contributed by atoms with Crippen LogP contribution >= 0.6 is 0 Å². The predicted octanol–water partition coefficient (Wildman–Crippen LogP) is 1.12. The maximum atomic E-state index is 11.7. The average Bonchev–Trinajstić information content (AvgIpc) is 1.83. The first-order chi connectivity index (χ1) is 5.24. The first-order valence-corrected chi connectivity index (χ1v) is 3.93. The molecule has 2 aliphatic heterocycles. The molecule has 1 saturated carbocycles. The molecule has 2 heterocycles. The summed E-state index contributed by atoms with van der Waals surface area (Å²) in [5.74, 6) is 0.